The van der Waals surface area contributed by atoms with Gasteiger partial charge < -0.3 is 10.1 Å². The first-order chi connectivity index (χ1) is 18.8. The molecule has 1 saturated heterocycles. The van der Waals surface area contributed by atoms with Gasteiger partial charge in [-0.3, -0.25) is 9.52 Å². The summed E-state index contributed by atoms with van der Waals surface area (Å²) in [5.74, 6) is 0.133. The fraction of sp³-hybridized carbons (Fsp3) is 0.219. The van der Waals surface area contributed by atoms with E-state index < -0.39 is 10.0 Å². The van der Waals surface area contributed by atoms with Crippen LogP contribution in [0.15, 0.2) is 95.9 Å². The van der Waals surface area contributed by atoms with Gasteiger partial charge in [0.15, 0.2) is 5.78 Å². The van der Waals surface area contributed by atoms with Crippen LogP contribution in [0.5, 0.6) is 0 Å². The van der Waals surface area contributed by atoms with Crippen molar-refractivity contribution < 1.29 is 17.9 Å². The van der Waals surface area contributed by atoms with E-state index in [1.54, 1.807) is 18.2 Å². The Hall–Kier alpha value is -3.94. The fourth-order valence-corrected chi connectivity index (χ4v) is 6.65. The second-order valence-corrected chi connectivity index (χ2v) is 12.0. The van der Waals surface area contributed by atoms with Gasteiger partial charge in [0.05, 0.1) is 17.0 Å². The molecular weight excluding hydrogens is 508 g/mol. The third-order valence-corrected chi connectivity index (χ3v) is 9.22. The molecule has 0 amide bonds. The van der Waals surface area contributed by atoms with E-state index >= 15 is 0 Å². The highest BCUT2D eigenvalue weighted by Crippen LogP contribution is 2.50. The van der Waals surface area contributed by atoms with E-state index in [0.29, 0.717) is 23.4 Å². The molecule has 0 spiro atoms. The number of sulfonamides is 1. The Kier molecular flexibility index (Phi) is 6.49. The van der Waals surface area contributed by atoms with Gasteiger partial charge in [-0.2, -0.15) is 0 Å². The summed E-state index contributed by atoms with van der Waals surface area (Å²) >= 11 is 0. The van der Waals surface area contributed by atoms with Crippen LogP contribution in [0.4, 0.5) is 11.4 Å². The number of fused-ring (bicyclic) bond motifs is 3. The molecular formula is C32H30N2O4S. The van der Waals surface area contributed by atoms with Crippen LogP contribution in [0.1, 0.15) is 56.7 Å². The summed E-state index contributed by atoms with van der Waals surface area (Å²) in [4.78, 5) is 13.1. The molecule has 2 N–H and O–H groups in total. The van der Waals surface area contributed by atoms with Crippen molar-refractivity contribution in [1.29, 1.82) is 0 Å². The number of anilines is 2. The molecule has 0 radical (unpaired) electrons. The molecule has 7 heteroatoms. The molecule has 2 aliphatic heterocycles. The van der Waals surface area contributed by atoms with Crippen molar-refractivity contribution in [3.8, 4) is 0 Å². The Morgan fingerprint density at radius 1 is 0.872 bits per heavy atom. The van der Waals surface area contributed by atoms with Crippen molar-refractivity contribution in [3.05, 3.63) is 124 Å². The number of aryl methyl sites for hydroxylation is 2. The number of hydrogen-bond donors (Lipinski definition) is 2. The SMILES string of the molecule is Cc1ccc(NS(=O)(=O)c2ccc3c(c2)C2OCC[C@H]2[C@H](c2ccc(C(=O)c4ccccc4)cc2)N3)cc1C. The Bertz CT molecular complexity index is 1650. The number of rotatable bonds is 6. The van der Waals surface area contributed by atoms with Crippen LogP contribution in [0.2, 0.25) is 0 Å². The highest BCUT2D eigenvalue weighted by Gasteiger charge is 2.42. The van der Waals surface area contributed by atoms with Crippen molar-refractivity contribution in [2.45, 2.75) is 37.3 Å². The molecule has 0 aliphatic carbocycles. The van der Waals surface area contributed by atoms with Crippen LogP contribution in [-0.4, -0.2) is 20.8 Å². The van der Waals surface area contributed by atoms with Gasteiger partial charge >= 0.3 is 0 Å². The van der Waals surface area contributed by atoms with Crippen LogP contribution >= 0.6 is 0 Å². The summed E-state index contributed by atoms with van der Waals surface area (Å²) in [5, 5.41) is 3.63. The van der Waals surface area contributed by atoms with E-state index in [4.69, 9.17) is 4.74 Å². The van der Waals surface area contributed by atoms with Gasteiger partial charge in [-0.05, 0) is 67.3 Å². The highest BCUT2D eigenvalue weighted by molar-refractivity contribution is 7.92. The second kappa shape index (κ2) is 9.98. The van der Waals surface area contributed by atoms with Crippen molar-refractivity contribution in [2.75, 3.05) is 16.6 Å². The quantitative estimate of drug-likeness (QED) is 0.271. The molecule has 2 heterocycles. The molecule has 2 aliphatic rings. The molecule has 4 aromatic rings. The lowest BCUT2D eigenvalue weighted by Crippen LogP contribution is -2.29. The van der Waals surface area contributed by atoms with Gasteiger partial charge in [-0.1, -0.05) is 60.7 Å². The first-order valence-electron chi connectivity index (χ1n) is 13.1. The molecule has 1 fully saturated rings. The number of ketones is 1. The van der Waals surface area contributed by atoms with Crippen molar-refractivity contribution in [2.24, 2.45) is 5.92 Å². The molecule has 0 bridgehead atoms. The number of carbonyl (C=O) groups is 1. The third-order valence-electron chi connectivity index (χ3n) is 7.84. The van der Waals surface area contributed by atoms with E-state index in [1.807, 2.05) is 86.6 Å². The Labute approximate surface area is 229 Å². The standard InChI is InChI=1S/C32H30N2O4S/c1-20-8-13-25(18-21(20)2)34-39(36,37)26-14-15-29-28(19-26)32-27(16-17-38-32)30(33-29)22-9-11-24(12-10-22)31(35)23-6-4-3-5-7-23/h3-15,18-19,27,30,32-34H,16-17H2,1-2H3/t27-,30-,32?/m0/s1. The molecule has 3 atom stereocenters. The Balaban J connectivity index is 1.26. The van der Waals surface area contributed by atoms with Crippen LogP contribution in [0.3, 0.4) is 0 Å². The molecule has 198 valence electrons. The van der Waals surface area contributed by atoms with E-state index in [0.717, 1.165) is 34.4 Å². The zero-order chi connectivity index (χ0) is 27.1. The summed E-state index contributed by atoms with van der Waals surface area (Å²) in [6, 6.07) is 27.7. The summed E-state index contributed by atoms with van der Waals surface area (Å²) < 4.78 is 35.4. The van der Waals surface area contributed by atoms with Gasteiger partial charge in [0.2, 0.25) is 0 Å². The zero-order valence-corrected chi connectivity index (χ0v) is 22.7. The van der Waals surface area contributed by atoms with Crippen LogP contribution in [0.25, 0.3) is 0 Å². The largest absolute Gasteiger partial charge is 0.378 e. The number of nitrogens with one attached hydrogen (secondary N) is 2. The minimum Gasteiger partial charge on any atom is -0.378 e. The number of ether oxygens (including phenoxy) is 1. The highest BCUT2D eigenvalue weighted by atomic mass is 32.2. The normalized spacial score (nSPS) is 20.0. The minimum absolute atomic E-state index is 0.00526. The molecule has 0 aromatic heterocycles. The molecule has 6 rings (SSSR count). The van der Waals surface area contributed by atoms with Gasteiger partial charge in [-0.25, -0.2) is 8.42 Å². The monoisotopic (exact) mass is 538 g/mol. The van der Waals surface area contributed by atoms with E-state index in [2.05, 4.69) is 10.0 Å². The maximum Gasteiger partial charge on any atom is 0.261 e. The van der Waals surface area contributed by atoms with E-state index in [-0.39, 0.29) is 28.7 Å². The maximum atomic E-state index is 13.3. The van der Waals surface area contributed by atoms with Crippen molar-refractivity contribution >= 4 is 27.2 Å². The summed E-state index contributed by atoms with van der Waals surface area (Å²) in [6.45, 7) is 4.56. The van der Waals surface area contributed by atoms with Crippen molar-refractivity contribution in [1.82, 2.24) is 0 Å². The number of hydrogen-bond acceptors (Lipinski definition) is 5. The minimum atomic E-state index is -3.77. The maximum absolute atomic E-state index is 13.3. The number of benzene rings is 4. The zero-order valence-electron chi connectivity index (χ0n) is 21.8. The molecule has 39 heavy (non-hydrogen) atoms. The van der Waals surface area contributed by atoms with Crippen LogP contribution < -0.4 is 10.0 Å². The van der Waals surface area contributed by atoms with E-state index in [9.17, 15) is 13.2 Å². The first-order valence-corrected chi connectivity index (χ1v) is 14.6. The van der Waals surface area contributed by atoms with Crippen molar-refractivity contribution in [3.63, 3.8) is 0 Å². The fourth-order valence-electron chi connectivity index (χ4n) is 5.56. The summed E-state index contributed by atoms with van der Waals surface area (Å²) in [5.41, 5.74) is 6.76. The molecule has 0 saturated carbocycles. The van der Waals surface area contributed by atoms with Gasteiger partial charge in [-0.15, -0.1) is 0 Å². The topological polar surface area (TPSA) is 84.5 Å². The third kappa shape index (κ3) is 4.84. The summed E-state index contributed by atoms with van der Waals surface area (Å²) in [7, 11) is -3.77. The Morgan fingerprint density at radius 2 is 1.62 bits per heavy atom. The average Bonchev–Trinajstić information content (AvgIpc) is 3.45. The van der Waals surface area contributed by atoms with Gasteiger partial charge in [0.25, 0.3) is 10.0 Å². The van der Waals surface area contributed by atoms with Gasteiger partial charge in [0, 0.05) is 40.6 Å². The smallest absolute Gasteiger partial charge is 0.261 e. The summed E-state index contributed by atoms with van der Waals surface area (Å²) in [6.07, 6.45) is 0.637. The average molecular weight is 539 g/mol. The van der Waals surface area contributed by atoms with Crippen LogP contribution in [0, 0.1) is 19.8 Å². The molecule has 4 aromatic carbocycles. The van der Waals surface area contributed by atoms with E-state index in [1.165, 1.54) is 0 Å². The predicted octanol–water partition coefficient (Wildman–Crippen LogP) is 6.58. The number of carbonyl (C=O) groups excluding carboxylic acids is 1. The predicted molar refractivity (Wildman–Crippen MR) is 153 cm³/mol. The van der Waals surface area contributed by atoms with Crippen LogP contribution in [-0.2, 0) is 14.8 Å². The first kappa shape index (κ1) is 25.3. The van der Waals surface area contributed by atoms with Gasteiger partial charge in [0.1, 0.15) is 0 Å². The Morgan fingerprint density at radius 3 is 2.36 bits per heavy atom. The lowest BCUT2D eigenvalue weighted by atomic mass is 9.81. The molecule has 1 unspecified atom stereocenters. The lowest BCUT2D eigenvalue weighted by Gasteiger charge is -2.36. The molecule has 6 nitrogen and oxygen atoms in total. The lowest BCUT2D eigenvalue weighted by molar-refractivity contribution is 0.0827. The second-order valence-electron chi connectivity index (χ2n) is 10.3.